The molecule has 2 heterocycles. The Morgan fingerprint density at radius 2 is 2.12 bits per heavy atom. The molecule has 0 fully saturated rings. The quantitative estimate of drug-likeness (QED) is 0.809. The third-order valence-corrected chi connectivity index (χ3v) is 3.29. The molecule has 2 aromatic rings. The van der Waals surface area contributed by atoms with Crippen LogP contribution in [0.4, 0.5) is 0 Å². The largest absolute Gasteiger partial charge is 0.299 e. The van der Waals surface area contributed by atoms with E-state index < -0.39 is 5.41 Å². The summed E-state index contributed by atoms with van der Waals surface area (Å²) in [5.74, 6) is 0.284. The van der Waals surface area contributed by atoms with Gasteiger partial charge in [0.1, 0.15) is 5.78 Å². The van der Waals surface area contributed by atoms with Crippen molar-refractivity contribution in [2.75, 3.05) is 0 Å². The van der Waals surface area contributed by atoms with E-state index in [2.05, 4.69) is 5.10 Å². The molecule has 2 rings (SSSR count). The average Bonchev–Trinajstić information content (AvgIpc) is 2.76. The first kappa shape index (κ1) is 11.8. The highest BCUT2D eigenvalue weighted by Gasteiger charge is 2.28. The van der Waals surface area contributed by atoms with Gasteiger partial charge in [-0.25, -0.2) is 4.52 Å². The Labute approximate surface area is 101 Å². The van der Waals surface area contributed by atoms with Crippen molar-refractivity contribution in [1.29, 1.82) is 0 Å². The number of fused-ring (bicyclic) bond motifs is 1. The number of carbonyl (C=O) groups is 1. The molecule has 90 valence electrons. The lowest BCUT2D eigenvalue weighted by atomic mass is 9.80. The van der Waals surface area contributed by atoms with Gasteiger partial charge in [0.15, 0.2) is 0 Å². The zero-order chi connectivity index (χ0) is 12.5. The summed E-state index contributed by atoms with van der Waals surface area (Å²) in [6, 6.07) is 5.97. The smallest absolute Gasteiger partial charge is 0.142 e. The molecular weight excluding hydrogens is 212 g/mol. The molecular formula is C14H18N2O. The number of nitrogens with zero attached hydrogens (tertiary/aromatic N) is 2. The minimum absolute atomic E-state index is 0.284. The van der Waals surface area contributed by atoms with E-state index in [-0.39, 0.29) is 5.78 Å². The van der Waals surface area contributed by atoms with E-state index in [9.17, 15) is 4.79 Å². The lowest BCUT2D eigenvalue weighted by Gasteiger charge is -2.23. The van der Waals surface area contributed by atoms with Crippen LogP contribution < -0.4 is 0 Å². The van der Waals surface area contributed by atoms with Crippen molar-refractivity contribution in [2.45, 2.75) is 39.0 Å². The van der Waals surface area contributed by atoms with Crippen LogP contribution in [0.25, 0.3) is 5.52 Å². The van der Waals surface area contributed by atoms with Gasteiger partial charge in [-0.1, -0.05) is 13.0 Å². The fourth-order valence-corrected chi connectivity index (χ4v) is 1.98. The summed E-state index contributed by atoms with van der Waals surface area (Å²) in [5.41, 5.74) is 1.63. The van der Waals surface area contributed by atoms with Crippen LogP contribution in [0, 0.1) is 0 Å². The van der Waals surface area contributed by atoms with Gasteiger partial charge < -0.3 is 0 Å². The molecule has 0 aromatic carbocycles. The third-order valence-electron chi connectivity index (χ3n) is 3.29. The first-order chi connectivity index (χ1) is 8.05. The molecule has 0 amide bonds. The number of rotatable bonds is 4. The number of pyridine rings is 1. The number of Topliss-reactive ketones (excluding diaryl/α,β-unsaturated/α-hetero) is 1. The second-order valence-electron chi connectivity index (χ2n) is 4.92. The van der Waals surface area contributed by atoms with Gasteiger partial charge in [-0.2, -0.15) is 5.10 Å². The molecule has 0 N–H and O–H groups in total. The Kier molecular flexibility index (Phi) is 3.01. The Hall–Kier alpha value is -1.64. The normalized spacial score (nSPS) is 11.9. The topological polar surface area (TPSA) is 34.4 Å². The Balaban J connectivity index is 2.40. The molecule has 3 heteroatoms. The molecule has 0 aliphatic heterocycles. The maximum atomic E-state index is 12.1. The Morgan fingerprint density at radius 3 is 2.82 bits per heavy atom. The summed E-state index contributed by atoms with van der Waals surface area (Å²) in [7, 11) is 0. The average molecular weight is 230 g/mol. The van der Waals surface area contributed by atoms with E-state index in [1.807, 2.05) is 49.7 Å². The van der Waals surface area contributed by atoms with Gasteiger partial charge in [0.2, 0.25) is 0 Å². The first-order valence-corrected chi connectivity index (χ1v) is 6.03. The van der Waals surface area contributed by atoms with Crippen LogP contribution in [0.5, 0.6) is 0 Å². The van der Waals surface area contributed by atoms with Gasteiger partial charge in [0.05, 0.1) is 5.52 Å². The first-order valence-electron chi connectivity index (χ1n) is 6.03. The van der Waals surface area contributed by atoms with Crippen LogP contribution in [0.2, 0.25) is 0 Å². The monoisotopic (exact) mass is 230 g/mol. The van der Waals surface area contributed by atoms with Crippen molar-refractivity contribution in [1.82, 2.24) is 9.61 Å². The van der Waals surface area contributed by atoms with Crippen molar-refractivity contribution < 1.29 is 4.79 Å². The fourth-order valence-electron chi connectivity index (χ4n) is 1.98. The van der Waals surface area contributed by atoms with E-state index >= 15 is 0 Å². The molecule has 0 aliphatic rings. The molecule has 0 saturated carbocycles. The van der Waals surface area contributed by atoms with Crippen molar-refractivity contribution in [3.63, 3.8) is 0 Å². The van der Waals surface area contributed by atoms with E-state index in [4.69, 9.17) is 0 Å². The fraction of sp³-hybridized carbons (Fsp3) is 0.429. The van der Waals surface area contributed by atoms with Crippen LogP contribution in [-0.4, -0.2) is 15.4 Å². The number of hydrogen-bond donors (Lipinski definition) is 0. The van der Waals surface area contributed by atoms with Crippen LogP contribution in [0.1, 0.15) is 39.2 Å². The number of hydrogen-bond acceptors (Lipinski definition) is 2. The maximum Gasteiger partial charge on any atom is 0.142 e. The highest BCUT2D eigenvalue weighted by Crippen LogP contribution is 2.26. The zero-order valence-electron chi connectivity index (χ0n) is 10.6. The van der Waals surface area contributed by atoms with E-state index in [0.717, 1.165) is 17.5 Å². The number of ketones is 1. The maximum absolute atomic E-state index is 12.1. The Morgan fingerprint density at radius 1 is 1.35 bits per heavy atom. The van der Waals surface area contributed by atoms with Gasteiger partial charge in [-0.05, 0) is 38.0 Å². The van der Waals surface area contributed by atoms with Crippen LogP contribution in [0.3, 0.4) is 0 Å². The predicted octanol–water partition coefficient (Wildman–Crippen LogP) is 2.98. The van der Waals surface area contributed by atoms with Crippen molar-refractivity contribution >= 4 is 11.3 Å². The summed E-state index contributed by atoms with van der Waals surface area (Å²) in [6.07, 6.45) is 5.24. The SMILES string of the molecule is CCCC(=O)C(C)(C)c1ccc2ccnn2c1. The van der Waals surface area contributed by atoms with Crippen LogP contribution in [-0.2, 0) is 10.2 Å². The lowest BCUT2D eigenvalue weighted by molar-refractivity contribution is -0.123. The van der Waals surface area contributed by atoms with Gasteiger partial charge in [-0.3, -0.25) is 4.79 Å². The van der Waals surface area contributed by atoms with E-state index in [1.165, 1.54) is 0 Å². The summed E-state index contributed by atoms with van der Waals surface area (Å²) >= 11 is 0. The second-order valence-corrected chi connectivity index (χ2v) is 4.92. The van der Waals surface area contributed by atoms with Crippen molar-refractivity contribution in [2.24, 2.45) is 0 Å². The molecule has 17 heavy (non-hydrogen) atoms. The molecule has 0 bridgehead atoms. The summed E-state index contributed by atoms with van der Waals surface area (Å²) < 4.78 is 1.82. The molecule has 0 saturated heterocycles. The molecule has 0 aliphatic carbocycles. The standard InChI is InChI=1S/C14H18N2O/c1-4-5-13(17)14(2,3)11-6-7-12-8-9-15-16(12)10-11/h6-10H,4-5H2,1-3H3. The minimum atomic E-state index is -0.434. The van der Waals surface area contributed by atoms with Crippen molar-refractivity contribution in [3.05, 3.63) is 36.2 Å². The van der Waals surface area contributed by atoms with Gasteiger partial charge in [-0.15, -0.1) is 0 Å². The summed E-state index contributed by atoms with van der Waals surface area (Å²) in [6.45, 7) is 6.00. The van der Waals surface area contributed by atoms with Gasteiger partial charge in [0.25, 0.3) is 0 Å². The predicted molar refractivity (Wildman–Crippen MR) is 68.1 cm³/mol. The Bertz CT molecular complexity index is 540. The van der Waals surface area contributed by atoms with Gasteiger partial charge in [0, 0.05) is 24.2 Å². The molecule has 0 unspecified atom stereocenters. The molecule has 3 nitrogen and oxygen atoms in total. The summed E-state index contributed by atoms with van der Waals surface area (Å²) in [5, 5.41) is 4.20. The third kappa shape index (κ3) is 2.09. The van der Waals surface area contributed by atoms with Crippen molar-refractivity contribution in [3.8, 4) is 0 Å². The molecule has 0 spiro atoms. The number of carbonyl (C=O) groups excluding carboxylic acids is 1. The minimum Gasteiger partial charge on any atom is -0.299 e. The van der Waals surface area contributed by atoms with Crippen LogP contribution >= 0.6 is 0 Å². The zero-order valence-corrected chi connectivity index (χ0v) is 10.6. The lowest BCUT2D eigenvalue weighted by Crippen LogP contribution is -2.29. The molecule has 0 atom stereocenters. The van der Waals surface area contributed by atoms with Gasteiger partial charge >= 0.3 is 0 Å². The number of aromatic nitrogens is 2. The highest BCUT2D eigenvalue weighted by molar-refractivity contribution is 5.89. The van der Waals surface area contributed by atoms with E-state index in [1.54, 1.807) is 6.20 Å². The second kappa shape index (κ2) is 4.32. The molecule has 0 radical (unpaired) electrons. The summed E-state index contributed by atoms with van der Waals surface area (Å²) in [4.78, 5) is 12.1. The van der Waals surface area contributed by atoms with Crippen LogP contribution in [0.15, 0.2) is 30.6 Å². The molecule has 2 aromatic heterocycles. The highest BCUT2D eigenvalue weighted by atomic mass is 16.1. The van der Waals surface area contributed by atoms with E-state index in [0.29, 0.717) is 6.42 Å².